The maximum absolute atomic E-state index is 13.5. The molecule has 20 heavy (non-hydrogen) atoms. The Balaban J connectivity index is 1.80. The first-order valence-corrected chi connectivity index (χ1v) is 6.72. The van der Waals surface area contributed by atoms with Gasteiger partial charge in [-0.3, -0.25) is 9.59 Å². The van der Waals surface area contributed by atoms with E-state index in [1.54, 1.807) is 25.2 Å². The second-order valence-electron chi connectivity index (χ2n) is 5.08. The van der Waals surface area contributed by atoms with Crippen molar-refractivity contribution in [3.05, 3.63) is 35.6 Å². The summed E-state index contributed by atoms with van der Waals surface area (Å²) in [5.41, 5.74) is 0.439. The summed E-state index contributed by atoms with van der Waals surface area (Å²) in [5.74, 6) is -1.02. The van der Waals surface area contributed by atoms with Gasteiger partial charge in [0.15, 0.2) is 6.61 Å². The molecule has 1 fully saturated rings. The van der Waals surface area contributed by atoms with Crippen molar-refractivity contribution in [3.63, 3.8) is 0 Å². The predicted octanol–water partition coefficient (Wildman–Crippen LogP) is 2.13. The lowest BCUT2D eigenvalue weighted by Crippen LogP contribution is -2.33. The zero-order chi connectivity index (χ0) is 14.5. The molecule has 0 N–H and O–H groups in total. The van der Waals surface area contributed by atoms with Crippen molar-refractivity contribution in [3.8, 4) is 0 Å². The molecule has 0 spiro atoms. The van der Waals surface area contributed by atoms with Crippen molar-refractivity contribution in [2.75, 3.05) is 13.7 Å². The summed E-state index contributed by atoms with van der Waals surface area (Å²) < 4.78 is 18.4. The van der Waals surface area contributed by atoms with E-state index in [4.69, 9.17) is 4.74 Å². The number of likely N-dealkylation sites (N-methyl/N-ethyl adjacent to an activating group) is 1. The number of nitrogens with zero attached hydrogens (tertiary/aromatic N) is 1. The molecule has 0 heterocycles. The summed E-state index contributed by atoms with van der Waals surface area (Å²) in [6.45, 7) is -0.118. The van der Waals surface area contributed by atoms with Gasteiger partial charge in [-0.05, 0) is 18.9 Å². The van der Waals surface area contributed by atoms with Gasteiger partial charge in [-0.1, -0.05) is 24.6 Å². The van der Waals surface area contributed by atoms with Crippen molar-refractivity contribution in [1.82, 2.24) is 4.90 Å². The first-order chi connectivity index (χ1) is 9.58. The van der Waals surface area contributed by atoms with E-state index in [-0.39, 0.29) is 36.8 Å². The lowest BCUT2D eigenvalue weighted by molar-refractivity contribution is -0.157. The van der Waals surface area contributed by atoms with Crippen LogP contribution in [0.3, 0.4) is 0 Å². The Hall–Kier alpha value is -1.91. The summed E-state index contributed by atoms with van der Waals surface area (Å²) >= 11 is 0. The quantitative estimate of drug-likeness (QED) is 0.776. The molecule has 2 rings (SSSR count). The van der Waals surface area contributed by atoms with Crippen molar-refractivity contribution < 1.29 is 18.7 Å². The standard InChI is InChI=1S/C15H18FNO3/c1-17(9-12-5-2-3-8-13(12)16)14(18)10-20-15(19)11-6-4-7-11/h2-3,5,8,11H,4,6-7,9-10H2,1H3. The van der Waals surface area contributed by atoms with Crippen LogP contribution in [-0.4, -0.2) is 30.4 Å². The number of esters is 1. The largest absolute Gasteiger partial charge is 0.455 e. The van der Waals surface area contributed by atoms with Crippen molar-refractivity contribution in [2.24, 2.45) is 5.92 Å². The van der Waals surface area contributed by atoms with E-state index in [1.807, 2.05) is 0 Å². The number of halogens is 1. The average Bonchev–Trinajstić information content (AvgIpc) is 2.36. The van der Waals surface area contributed by atoms with Crippen LogP contribution in [0.1, 0.15) is 24.8 Å². The van der Waals surface area contributed by atoms with E-state index >= 15 is 0 Å². The molecule has 1 aliphatic carbocycles. The summed E-state index contributed by atoms with van der Waals surface area (Å²) in [7, 11) is 1.56. The van der Waals surface area contributed by atoms with Gasteiger partial charge in [0.2, 0.25) is 0 Å². The smallest absolute Gasteiger partial charge is 0.309 e. The van der Waals surface area contributed by atoms with E-state index in [1.165, 1.54) is 11.0 Å². The van der Waals surface area contributed by atoms with Gasteiger partial charge in [0.05, 0.1) is 5.92 Å². The zero-order valence-electron chi connectivity index (χ0n) is 11.5. The molecule has 0 radical (unpaired) electrons. The minimum Gasteiger partial charge on any atom is -0.455 e. The molecule has 1 saturated carbocycles. The highest BCUT2D eigenvalue weighted by Gasteiger charge is 2.27. The Morgan fingerprint density at radius 1 is 1.35 bits per heavy atom. The third kappa shape index (κ3) is 3.56. The van der Waals surface area contributed by atoms with Crippen LogP contribution in [0.5, 0.6) is 0 Å². The maximum atomic E-state index is 13.5. The van der Waals surface area contributed by atoms with Crippen LogP contribution < -0.4 is 0 Å². The van der Waals surface area contributed by atoms with Crippen LogP contribution in [0.15, 0.2) is 24.3 Å². The molecule has 1 aromatic rings. The average molecular weight is 279 g/mol. The molecule has 0 unspecified atom stereocenters. The topological polar surface area (TPSA) is 46.6 Å². The van der Waals surface area contributed by atoms with Crippen LogP contribution in [0.4, 0.5) is 4.39 Å². The Morgan fingerprint density at radius 3 is 2.65 bits per heavy atom. The molecule has 5 heteroatoms. The summed E-state index contributed by atoms with van der Waals surface area (Å²) in [5, 5.41) is 0. The second-order valence-corrected chi connectivity index (χ2v) is 5.08. The van der Waals surface area contributed by atoms with Crippen LogP contribution in [0.25, 0.3) is 0 Å². The van der Waals surface area contributed by atoms with Gasteiger partial charge >= 0.3 is 5.97 Å². The summed E-state index contributed by atoms with van der Waals surface area (Å²) in [4.78, 5) is 24.7. The molecule has 0 aliphatic heterocycles. The molecule has 1 aromatic carbocycles. The maximum Gasteiger partial charge on any atom is 0.309 e. The number of hydrogen-bond donors (Lipinski definition) is 0. The molecule has 0 atom stereocenters. The minimum absolute atomic E-state index is 0.0420. The van der Waals surface area contributed by atoms with E-state index in [0.29, 0.717) is 5.56 Å². The number of rotatable bonds is 5. The Labute approximate surface area is 117 Å². The molecule has 108 valence electrons. The highest BCUT2D eigenvalue weighted by atomic mass is 19.1. The first kappa shape index (κ1) is 14.5. The molecule has 0 bridgehead atoms. The van der Waals surface area contributed by atoms with Crippen LogP contribution in [-0.2, 0) is 20.9 Å². The third-order valence-corrected chi connectivity index (χ3v) is 3.57. The zero-order valence-corrected chi connectivity index (χ0v) is 11.5. The fourth-order valence-corrected chi connectivity index (χ4v) is 1.98. The SMILES string of the molecule is CN(Cc1ccccc1F)C(=O)COC(=O)C1CCC1. The van der Waals surface area contributed by atoms with Gasteiger partial charge in [-0.15, -0.1) is 0 Å². The number of carbonyl (C=O) groups excluding carboxylic acids is 2. The van der Waals surface area contributed by atoms with Crippen LogP contribution in [0.2, 0.25) is 0 Å². The van der Waals surface area contributed by atoms with Gasteiger partial charge < -0.3 is 9.64 Å². The minimum atomic E-state index is -0.349. The fraction of sp³-hybridized carbons (Fsp3) is 0.467. The van der Waals surface area contributed by atoms with Crippen molar-refractivity contribution >= 4 is 11.9 Å². The van der Waals surface area contributed by atoms with Gasteiger partial charge in [-0.25, -0.2) is 4.39 Å². The Morgan fingerprint density at radius 2 is 2.05 bits per heavy atom. The molecular formula is C15H18FNO3. The molecule has 0 saturated heterocycles. The molecular weight excluding hydrogens is 261 g/mol. The Kier molecular flexibility index (Phi) is 4.71. The van der Waals surface area contributed by atoms with E-state index in [9.17, 15) is 14.0 Å². The van der Waals surface area contributed by atoms with Crippen LogP contribution >= 0.6 is 0 Å². The number of benzene rings is 1. The van der Waals surface area contributed by atoms with Crippen LogP contribution in [0, 0.1) is 11.7 Å². The van der Waals surface area contributed by atoms with Gasteiger partial charge in [0.1, 0.15) is 5.82 Å². The molecule has 1 amide bonds. The van der Waals surface area contributed by atoms with E-state index < -0.39 is 0 Å². The lowest BCUT2D eigenvalue weighted by atomic mass is 9.86. The van der Waals surface area contributed by atoms with Gasteiger partial charge in [0.25, 0.3) is 5.91 Å². The van der Waals surface area contributed by atoms with Gasteiger partial charge in [0, 0.05) is 19.2 Å². The first-order valence-electron chi connectivity index (χ1n) is 6.72. The number of amides is 1. The Bertz CT molecular complexity index is 500. The predicted molar refractivity (Wildman–Crippen MR) is 71.2 cm³/mol. The summed E-state index contributed by atoms with van der Waals surface area (Å²) in [6, 6.07) is 6.29. The summed E-state index contributed by atoms with van der Waals surface area (Å²) in [6.07, 6.45) is 2.73. The lowest BCUT2D eigenvalue weighted by Gasteiger charge is -2.24. The molecule has 1 aliphatic rings. The number of carbonyl (C=O) groups is 2. The number of hydrogen-bond acceptors (Lipinski definition) is 3. The third-order valence-electron chi connectivity index (χ3n) is 3.57. The number of ether oxygens (including phenoxy) is 1. The fourth-order valence-electron chi connectivity index (χ4n) is 1.98. The normalized spacial score (nSPS) is 14.5. The van der Waals surface area contributed by atoms with E-state index in [0.717, 1.165) is 19.3 Å². The monoisotopic (exact) mass is 279 g/mol. The van der Waals surface area contributed by atoms with Crippen molar-refractivity contribution in [2.45, 2.75) is 25.8 Å². The molecule has 0 aromatic heterocycles. The van der Waals surface area contributed by atoms with E-state index in [2.05, 4.69) is 0 Å². The molecule has 4 nitrogen and oxygen atoms in total. The van der Waals surface area contributed by atoms with Gasteiger partial charge in [-0.2, -0.15) is 0 Å². The highest BCUT2D eigenvalue weighted by molar-refractivity contribution is 5.81. The second kappa shape index (κ2) is 6.50. The highest BCUT2D eigenvalue weighted by Crippen LogP contribution is 2.27. The van der Waals surface area contributed by atoms with Crippen molar-refractivity contribution in [1.29, 1.82) is 0 Å².